The SMILES string of the molecule is CCCCCCCCCCCCC(CCCCCCCCCC)CO[C@@H]1O[C@H](COC(=O)c2ccccc2)[C@@H](O)[C@H](OC(C)=O)[C@H]1OC(C)=O. The molecule has 9 nitrogen and oxygen atoms in total. The molecule has 0 radical (unpaired) electrons. The van der Waals surface area contributed by atoms with E-state index in [0.29, 0.717) is 12.2 Å². The van der Waals surface area contributed by atoms with Gasteiger partial charge in [-0.3, -0.25) is 9.59 Å². The smallest absolute Gasteiger partial charge is 0.338 e. The number of rotatable bonds is 28. The minimum atomic E-state index is -1.42. The Bertz CT molecular complexity index is 1030. The Hall–Kier alpha value is -2.49. The second kappa shape index (κ2) is 27.2. The van der Waals surface area contributed by atoms with E-state index >= 15 is 0 Å². The summed E-state index contributed by atoms with van der Waals surface area (Å²) in [6, 6.07) is 8.51. The second-order valence-corrected chi connectivity index (χ2v) is 14.1. The van der Waals surface area contributed by atoms with Gasteiger partial charge in [-0.25, -0.2) is 4.79 Å². The van der Waals surface area contributed by atoms with Crippen molar-refractivity contribution in [2.24, 2.45) is 5.92 Å². The lowest BCUT2D eigenvalue weighted by Gasteiger charge is -2.43. The summed E-state index contributed by atoms with van der Waals surface area (Å²) in [5.41, 5.74) is 0.357. The predicted octanol–water partition coefficient (Wildman–Crippen LogP) is 9.27. The summed E-state index contributed by atoms with van der Waals surface area (Å²) >= 11 is 0. The van der Waals surface area contributed by atoms with Gasteiger partial charge < -0.3 is 28.8 Å². The molecule has 2 rings (SSSR count). The summed E-state index contributed by atoms with van der Waals surface area (Å²) in [6.07, 6.45) is 18.7. The van der Waals surface area contributed by atoms with Gasteiger partial charge in [-0.05, 0) is 30.9 Å². The number of hydrogen-bond donors (Lipinski definition) is 1. The lowest BCUT2D eigenvalue weighted by molar-refractivity contribution is -0.307. The van der Waals surface area contributed by atoms with Crippen LogP contribution in [0.15, 0.2) is 30.3 Å². The first-order valence-electron chi connectivity index (χ1n) is 19.8. The van der Waals surface area contributed by atoms with Crippen molar-refractivity contribution in [1.29, 1.82) is 0 Å². The van der Waals surface area contributed by atoms with Gasteiger partial charge in [0.25, 0.3) is 0 Å². The molecular weight excluding hydrogens is 636 g/mol. The average Bonchev–Trinajstić information content (AvgIpc) is 3.10. The maximum absolute atomic E-state index is 12.7. The molecule has 6 atom stereocenters. The van der Waals surface area contributed by atoms with Gasteiger partial charge in [0, 0.05) is 13.8 Å². The topological polar surface area (TPSA) is 118 Å². The van der Waals surface area contributed by atoms with Gasteiger partial charge in [-0.15, -0.1) is 0 Å². The fraction of sp³-hybridized carbons (Fsp3) is 0.780. The summed E-state index contributed by atoms with van der Waals surface area (Å²) in [6.45, 7) is 7.02. The van der Waals surface area contributed by atoms with Gasteiger partial charge in [0.2, 0.25) is 0 Å². The number of esters is 3. The normalized spacial score (nSPS) is 21.0. The highest BCUT2D eigenvalue weighted by Gasteiger charge is 2.50. The van der Waals surface area contributed by atoms with Crippen LogP contribution in [0.4, 0.5) is 0 Å². The van der Waals surface area contributed by atoms with Crippen LogP contribution in [-0.4, -0.2) is 66.9 Å². The summed E-state index contributed by atoms with van der Waals surface area (Å²) in [7, 11) is 0. The van der Waals surface area contributed by atoms with Crippen LogP contribution in [0.25, 0.3) is 0 Å². The molecule has 1 heterocycles. The van der Waals surface area contributed by atoms with Crippen LogP contribution in [0.3, 0.4) is 0 Å². The average molecular weight is 705 g/mol. The van der Waals surface area contributed by atoms with Crippen molar-refractivity contribution in [2.45, 2.75) is 187 Å². The Morgan fingerprint density at radius 2 is 1.14 bits per heavy atom. The number of hydrogen-bond acceptors (Lipinski definition) is 9. The van der Waals surface area contributed by atoms with Crippen molar-refractivity contribution in [1.82, 2.24) is 0 Å². The first-order chi connectivity index (χ1) is 24.3. The van der Waals surface area contributed by atoms with Crippen molar-refractivity contribution in [3.8, 4) is 0 Å². The molecule has 0 spiro atoms. The predicted molar refractivity (Wildman–Crippen MR) is 196 cm³/mol. The Labute approximate surface area is 302 Å². The van der Waals surface area contributed by atoms with E-state index in [0.717, 1.165) is 25.7 Å². The molecule has 0 saturated carbocycles. The number of aliphatic hydroxyl groups excluding tert-OH is 1. The summed E-state index contributed by atoms with van der Waals surface area (Å²) < 4.78 is 29.0. The zero-order chi connectivity index (χ0) is 36.4. The van der Waals surface area contributed by atoms with Crippen LogP contribution in [0, 0.1) is 5.92 Å². The van der Waals surface area contributed by atoms with Gasteiger partial charge in [0.15, 0.2) is 18.5 Å². The molecule has 9 heteroatoms. The molecule has 0 amide bonds. The largest absolute Gasteiger partial charge is 0.459 e. The molecule has 50 heavy (non-hydrogen) atoms. The lowest BCUT2D eigenvalue weighted by Crippen LogP contribution is -2.62. The Morgan fingerprint density at radius 1 is 0.680 bits per heavy atom. The maximum Gasteiger partial charge on any atom is 0.338 e. The van der Waals surface area contributed by atoms with Crippen molar-refractivity contribution in [3.05, 3.63) is 35.9 Å². The fourth-order valence-corrected chi connectivity index (χ4v) is 6.65. The monoisotopic (exact) mass is 704 g/mol. The van der Waals surface area contributed by atoms with Crippen LogP contribution in [-0.2, 0) is 33.3 Å². The van der Waals surface area contributed by atoms with Crippen molar-refractivity contribution >= 4 is 17.9 Å². The number of aliphatic hydroxyl groups is 1. The van der Waals surface area contributed by atoms with Crippen LogP contribution < -0.4 is 0 Å². The number of carbonyl (C=O) groups is 3. The minimum Gasteiger partial charge on any atom is -0.459 e. The van der Waals surface area contributed by atoms with Crippen LogP contribution in [0.5, 0.6) is 0 Å². The minimum absolute atomic E-state index is 0.277. The third-order valence-corrected chi connectivity index (χ3v) is 9.54. The van der Waals surface area contributed by atoms with Crippen LogP contribution in [0.2, 0.25) is 0 Å². The molecule has 0 aromatic heterocycles. The molecule has 1 fully saturated rings. The zero-order valence-corrected chi connectivity index (χ0v) is 31.6. The molecule has 1 aromatic rings. The number of unbranched alkanes of at least 4 members (excludes halogenated alkanes) is 16. The summed E-state index contributed by atoms with van der Waals surface area (Å²) in [5, 5.41) is 11.2. The first kappa shape index (κ1) is 43.7. The van der Waals surface area contributed by atoms with Gasteiger partial charge in [0.05, 0.1) is 12.2 Å². The highest BCUT2D eigenvalue weighted by atomic mass is 16.7. The Kier molecular flexibility index (Phi) is 23.8. The maximum atomic E-state index is 12.7. The summed E-state index contributed by atoms with van der Waals surface area (Å²) in [5.74, 6) is -1.57. The number of benzene rings is 1. The van der Waals surface area contributed by atoms with Gasteiger partial charge >= 0.3 is 17.9 Å². The van der Waals surface area contributed by atoms with E-state index in [9.17, 15) is 19.5 Å². The quantitative estimate of drug-likeness (QED) is 0.0517. The van der Waals surface area contributed by atoms with Gasteiger partial charge in [0.1, 0.15) is 18.8 Å². The Balaban J connectivity index is 2.04. The van der Waals surface area contributed by atoms with Crippen molar-refractivity contribution < 1.29 is 43.2 Å². The molecule has 0 aliphatic carbocycles. The Morgan fingerprint density at radius 3 is 1.62 bits per heavy atom. The fourth-order valence-electron chi connectivity index (χ4n) is 6.65. The standard InChI is InChI=1S/C41H68O9/c1-5-7-9-11-13-15-16-18-20-23-27-34(26-22-19-17-14-12-10-8-6-2)30-47-41-39(49-33(4)43)38(48-32(3)42)37(44)36(50-41)31-46-40(45)35-28-24-21-25-29-35/h21,24-25,28-29,34,36-39,41,44H,5-20,22-23,26-27,30-31H2,1-4H3/t34?,36-,37-,38+,39-,41-/m1/s1. The molecule has 1 saturated heterocycles. The van der Waals surface area contributed by atoms with E-state index in [1.165, 1.54) is 117 Å². The lowest BCUT2D eigenvalue weighted by atomic mass is 9.94. The van der Waals surface area contributed by atoms with Crippen LogP contribution >= 0.6 is 0 Å². The molecule has 0 bridgehead atoms. The number of carbonyl (C=O) groups excluding carboxylic acids is 3. The van der Waals surface area contributed by atoms with E-state index in [-0.39, 0.29) is 12.5 Å². The number of ether oxygens (including phenoxy) is 5. The van der Waals surface area contributed by atoms with Crippen molar-refractivity contribution in [3.63, 3.8) is 0 Å². The highest BCUT2D eigenvalue weighted by Crippen LogP contribution is 2.29. The third-order valence-electron chi connectivity index (χ3n) is 9.54. The highest BCUT2D eigenvalue weighted by molar-refractivity contribution is 5.89. The molecule has 1 aromatic carbocycles. The van der Waals surface area contributed by atoms with Gasteiger partial charge in [-0.2, -0.15) is 0 Å². The third kappa shape index (κ3) is 18.7. The van der Waals surface area contributed by atoms with Crippen LogP contribution in [0.1, 0.15) is 166 Å². The van der Waals surface area contributed by atoms with E-state index in [2.05, 4.69) is 13.8 Å². The zero-order valence-electron chi connectivity index (χ0n) is 31.6. The molecule has 1 N–H and O–H groups in total. The molecule has 286 valence electrons. The molecule has 1 unspecified atom stereocenters. The van der Waals surface area contributed by atoms with E-state index in [1.807, 2.05) is 0 Å². The van der Waals surface area contributed by atoms with E-state index in [1.54, 1.807) is 30.3 Å². The van der Waals surface area contributed by atoms with Crippen molar-refractivity contribution in [2.75, 3.05) is 13.2 Å². The second-order valence-electron chi connectivity index (χ2n) is 14.1. The van der Waals surface area contributed by atoms with E-state index in [4.69, 9.17) is 23.7 Å². The van der Waals surface area contributed by atoms with Gasteiger partial charge in [-0.1, -0.05) is 148 Å². The summed E-state index contributed by atoms with van der Waals surface area (Å²) in [4.78, 5) is 36.9. The molecule has 1 aliphatic heterocycles. The molecule has 1 aliphatic rings. The first-order valence-corrected chi connectivity index (χ1v) is 19.8. The van der Waals surface area contributed by atoms with E-state index < -0.39 is 48.6 Å². The molecular formula is C41H68O9.